The molecule has 2 heterocycles. The van der Waals surface area contributed by atoms with Gasteiger partial charge >= 0.3 is 0 Å². The fourth-order valence-electron chi connectivity index (χ4n) is 0.987. The summed E-state index contributed by atoms with van der Waals surface area (Å²) in [4.78, 5) is 10.3. The van der Waals surface area contributed by atoms with Crippen molar-refractivity contribution in [3.8, 4) is 11.5 Å². The van der Waals surface area contributed by atoms with Crippen molar-refractivity contribution >= 4 is 6.29 Å². The molecule has 0 fully saturated rings. The zero-order valence-electron chi connectivity index (χ0n) is 6.68. The highest BCUT2D eigenvalue weighted by atomic mass is 16.3. The zero-order valence-corrected chi connectivity index (χ0v) is 6.68. The van der Waals surface area contributed by atoms with Crippen LogP contribution in [-0.2, 0) is 0 Å². The van der Waals surface area contributed by atoms with Crippen molar-refractivity contribution in [2.75, 3.05) is 0 Å². The van der Waals surface area contributed by atoms with Crippen molar-refractivity contribution in [2.45, 2.75) is 0 Å². The molecule has 2 rings (SSSR count). The second-order valence-electron chi connectivity index (χ2n) is 2.43. The van der Waals surface area contributed by atoms with E-state index in [1.54, 1.807) is 30.5 Å². The van der Waals surface area contributed by atoms with Crippen LogP contribution in [0.2, 0.25) is 0 Å². The van der Waals surface area contributed by atoms with Crippen LogP contribution in [0.3, 0.4) is 0 Å². The number of hydrogen-bond acceptors (Lipinski definition) is 4. The SMILES string of the molecule is O=Cc1ccc(-c2cccnn2)o1. The van der Waals surface area contributed by atoms with E-state index >= 15 is 0 Å². The van der Waals surface area contributed by atoms with Gasteiger partial charge in [-0.05, 0) is 24.3 Å². The molecule has 2 aromatic heterocycles. The Kier molecular flexibility index (Phi) is 1.88. The highest BCUT2D eigenvalue weighted by molar-refractivity contribution is 5.72. The molecule has 0 amide bonds. The molecule has 0 bridgehead atoms. The maximum atomic E-state index is 10.3. The number of nitrogens with zero attached hydrogens (tertiary/aromatic N) is 2. The Morgan fingerprint density at radius 3 is 2.85 bits per heavy atom. The molecule has 64 valence electrons. The molecule has 13 heavy (non-hydrogen) atoms. The first-order chi connectivity index (χ1) is 6.40. The maximum absolute atomic E-state index is 10.3. The monoisotopic (exact) mass is 174 g/mol. The first-order valence-corrected chi connectivity index (χ1v) is 3.73. The molecule has 0 aliphatic carbocycles. The Morgan fingerprint density at radius 2 is 2.23 bits per heavy atom. The van der Waals surface area contributed by atoms with E-state index in [0.717, 1.165) is 0 Å². The van der Waals surface area contributed by atoms with E-state index in [2.05, 4.69) is 10.2 Å². The van der Waals surface area contributed by atoms with Gasteiger partial charge < -0.3 is 4.42 Å². The maximum Gasteiger partial charge on any atom is 0.185 e. The smallest absolute Gasteiger partial charge is 0.185 e. The van der Waals surface area contributed by atoms with Crippen LogP contribution in [0.5, 0.6) is 0 Å². The molecule has 0 N–H and O–H groups in total. The van der Waals surface area contributed by atoms with Crippen LogP contribution in [-0.4, -0.2) is 16.5 Å². The third kappa shape index (κ3) is 1.46. The van der Waals surface area contributed by atoms with Gasteiger partial charge in [0.2, 0.25) is 0 Å². The van der Waals surface area contributed by atoms with Crippen LogP contribution in [0.25, 0.3) is 11.5 Å². The van der Waals surface area contributed by atoms with Gasteiger partial charge in [-0.25, -0.2) is 0 Å². The van der Waals surface area contributed by atoms with Crippen LogP contribution in [0.1, 0.15) is 10.6 Å². The number of hydrogen-bond donors (Lipinski definition) is 0. The molecule has 0 aromatic carbocycles. The summed E-state index contributed by atoms with van der Waals surface area (Å²) in [5, 5.41) is 7.53. The Balaban J connectivity index is 2.41. The van der Waals surface area contributed by atoms with E-state index in [4.69, 9.17) is 4.42 Å². The van der Waals surface area contributed by atoms with Crippen LogP contribution >= 0.6 is 0 Å². The molecule has 0 aliphatic heterocycles. The topological polar surface area (TPSA) is 56.0 Å². The molecule has 0 saturated heterocycles. The molecule has 0 spiro atoms. The standard InChI is InChI=1S/C9H6N2O2/c12-6-7-3-4-9(13-7)8-2-1-5-10-11-8/h1-6H. The van der Waals surface area contributed by atoms with Crippen LogP contribution < -0.4 is 0 Å². The summed E-state index contributed by atoms with van der Waals surface area (Å²) in [6.07, 6.45) is 2.23. The van der Waals surface area contributed by atoms with E-state index in [0.29, 0.717) is 23.5 Å². The van der Waals surface area contributed by atoms with Crippen LogP contribution in [0.15, 0.2) is 34.9 Å². The number of carbonyl (C=O) groups is 1. The van der Waals surface area contributed by atoms with Gasteiger partial charge in [0.15, 0.2) is 17.8 Å². The average Bonchev–Trinajstić information content (AvgIpc) is 2.67. The molecule has 0 aliphatic rings. The van der Waals surface area contributed by atoms with Crippen molar-refractivity contribution in [3.05, 3.63) is 36.2 Å². The molecule has 0 radical (unpaired) electrons. The Hall–Kier alpha value is -1.97. The Labute approximate surface area is 74.2 Å². The lowest BCUT2D eigenvalue weighted by molar-refractivity contribution is 0.110. The van der Waals surface area contributed by atoms with Gasteiger partial charge in [0.25, 0.3) is 0 Å². The second kappa shape index (κ2) is 3.18. The highest BCUT2D eigenvalue weighted by Gasteiger charge is 2.04. The number of aldehydes is 1. The van der Waals surface area contributed by atoms with Gasteiger partial charge in [-0.15, -0.1) is 5.10 Å². The zero-order chi connectivity index (χ0) is 9.10. The van der Waals surface area contributed by atoms with Gasteiger partial charge in [0.1, 0.15) is 5.69 Å². The van der Waals surface area contributed by atoms with Gasteiger partial charge in [0, 0.05) is 6.20 Å². The third-order valence-electron chi connectivity index (χ3n) is 1.57. The lowest BCUT2D eigenvalue weighted by Gasteiger charge is -1.91. The lowest BCUT2D eigenvalue weighted by atomic mass is 10.3. The number of carbonyl (C=O) groups excluding carboxylic acids is 1. The Morgan fingerprint density at radius 1 is 1.31 bits per heavy atom. The highest BCUT2D eigenvalue weighted by Crippen LogP contribution is 2.17. The van der Waals surface area contributed by atoms with Crippen molar-refractivity contribution in [3.63, 3.8) is 0 Å². The average molecular weight is 174 g/mol. The predicted octanol–water partition coefficient (Wildman–Crippen LogP) is 1.55. The second-order valence-corrected chi connectivity index (χ2v) is 2.43. The first kappa shape index (κ1) is 7.67. The molecular formula is C9H6N2O2. The predicted molar refractivity (Wildman–Crippen MR) is 45.1 cm³/mol. The van der Waals surface area contributed by atoms with Crippen molar-refractivity contribution < 1.29 is 9.21 Å². The fraction of sp³-hybridized carbons (Fsp3) is 0. The summed E-state index contributed by atoms with van der Waals surface area (Å²) in [5.74, 6) is 0.843. The van der Waals surface area contributed by atoms with Crippen molar-refractivity contribution in [1.29, 1.82) is 0 Å². The van der Waals surface area contributed by atoms with E-state index in [1.165, 1.54) is 0 Å². The van der Waals surface area contributed by atoms with Crippen molar-refractivity contribution in [2.24, 2.45) is 0 Å². The van der Waals surface area contributed by atoms with Gasteiger partial charge in [-0.1, -0.05) is 0 Å². The number of rotatable bonds is 2. The lowest BCUT2D eigenvalue weighted by Crippen LogP contribution is -1.82. The minimum atomic E-state index is 0.292. The number of aromatic nitrogens is 2. The van der Waals surface area contributed by atoms with Gasteiger partial charge in [-0.2, -0.15) is 5.10 Å². The van der Waals surface area contributed by atoms with Gasteiger partial charge in [-0.3, -0.25) is 4.79 Å². The molecule has 2 aromatic rings. The molecule has 4 nitrogen and oxygen atoms in total. The van der Waals surface area contributed by atoms with Crippen LogP contribution in [0.4, 0.5) is 0 Å². The van der Waals surface area contributed by atoms with E-state index < -0.39 is 0 Å². The molecule has 0 saturated carbocycles. The Bertz CT molecular complexity index is 409. The summed E-state index contributed by atoms with van der Waals surface area (Å²) in [7, 11) is 0. The normalized spacial score (nSPS) is 9.85. The molecule has 0 atom stereocenters. The largest absolute Gasteiger partial charge is 0.452 e. The number of furan rings is 1. The quantitative estimate of drug-likeness (QED) is 0.648. The first-order valence-electron chi connectivity index (χ1n) is 3.73. The molecular weight excluding hydrogens is 168 g/mol. The van der Waals surface area contributed by atoms with E-state index in [-0.39, 0.29) is 0 Å². The third-order valence-corrected chi connectivity index (χ3v) is 1.57. The molecule has 4 heteroatoms. The summed E-state index contributed by atoms with van der Waals surface area (Å²) >= 11 is 0. The summed E-state index contributed by atoms with van der Waals surface area (Å²) < 4.78 is 5.15. The molecule has 0 unspecified atom stereocenters. The van der Waals surface area contributed by atoms with E-state index in [9.17, 15) is 4.79 Å². The van der Waals surface area contributed by atoms with Crippen LogP contribution in [0, 0.1) is 0 Å². The van der Waals surface area contributed by atoms with E-state index in [1.807, 2.05) is 0 Å². The van der Waals surface area contributed by atoms with Crippen molar-refractivity contribution in [1.82, 2.24) is 10.2 Å². The van der Waals surface area contributed by atoms with Gasteiger partial charge in [0.05, 0.1) is 0 Å². The summed E-state index contributed by atoms with van der Waals surface area (Å²) in [6, 6.07) is 6.80. The summed E-state index contributed by atoms with van der Waals surface area (Å²) in [5.41, 5.74) is 0.621. The minimum absolute atomic E-state index is 0.292. The minimum Gasteiger partial charge on any atom is -0.452 e. The summed E-state index contributed by atoms with van der Waals surface area (Å²) in [6.45, 7) is 0. The fourth-order valence-corrected chi connectivity index (χ4v) is 0.987.